The Labute approximate surface area is 123 Å². The normalized spacial score (nSPS) is 16.2. The second-order valence-electron chi connectivity index (χ2n) is 4.70. The third kappa shape index (κ3) is 2.04. The summed E-state index contributed by atoms with van der Waals surface area (Å²) < 4.78 is 1.98. The van der Waals surface area contributed by atoms with E-state index in [2.05, 4.69) is 41.9 Å². The van der Waals surface area contributed by atoms with Crippen molar-refractivity contribution in [3.8, 4) is 0 Å². The van der Waals surface area contributed by atoms with E-state index >= 15 is 0 Å². The lowest BCUT2D eigenvalue weighted by Crippen LogP contribution is -2.27. The number of anilines is 1. The van der Waals surface area contributed by atoms with Crippen molar-refractivity contribution in [3.63, 3.8) is 0 Å². The summed E-state index contributed by atoms with van der Waals surface area (Å²) in [7, 11) is 0. The molecule has 102 valence electrons. The summed E-state index contributed by atoms with van der Waals surface area (Å²) in [5, 5.41) is 0.629. The van der Waals surface area contributed by atoms with Crippen LogP contribution in [0.5, 0.6) is 0 Å². The average Bonchev–Trinajstić information content (AvgIpc) is 2.81. The number of aromatic nitrogens is 2. The zero-order chi connectivity index (χ0) is 14.1. The van der Waals surface area contributed by atoms with Gasteiger partial charge in [0.2, 0.25) is 0 Å². The van der Waals surface area contributed by atoms with Gasteiger partial charge in [-0.3, -0.25) is 4.57 Å². The van der Waals surface area contributed by atoms with Gasteiger partial charge >= 0.3 is 0 Å². The van der Waals surface area contributed by atoms with E-state index in [1.54, 1.807) is 6.20 Å². The first kappa shape index (κ1) is 13.0. The fourth-order valence-corrected chi connectivity index (χ4v) is 2.71. The molecule has 0 amide bonds. The predicted octanol–water partition coefficient (Wildman–Crippen LogP) is 4.63. The van der Waals surface area contributed by atoms with Crippen LogP contribution in [0.1, 0.15) is 26.1 Å². The molecule has 0 radical (unpaired) electrons. The van der Waals surface area contributed by atoms with E-state index in [1.807, 2.05) is 28.8 Å². The van der Waals surface area contributed by atoms with Crippen molar-refractivity contribution >= 4 is 29.2 Å². The van der Waals surface area contributed by atoms with Crippen LogP contribution in [-0.4, -0.2) is 9.55 Å². The lowest BCUT2D eigenvalue weighted by atomic mass is 10.2. The van der Waals surface area contributed by atoms with Crippen LogP contribution in [0.2, 0.25) is 5.15 Å². The molecule has 3 nitrogen and oxygen atoms in total. The van der Waals surface area contributed by atoms with Gasteiger partial charge in [-0.15, -0.1) is 0 Å². The molecule has 4 heteroatoms. The molecular weight excluding hydrogens is 270 g/mol. The number of rotatable bonds is 2. The van der Waals surface area contributed by atoms with Gasteiger partial charge in [-0.2, -0.15) is 0 Å². The maximum atomic E-state index is 6.29. The Hall–Kier alpha value is -2.00. The monoisotopic (exact) mass is 285 g/mol. The van der Waals surface area contributed by atoms with Crippen LogP contribution < -0.4 is 4.90 Å². The maximum absolute atomic E-state index is 6.29. The number of fused-ring (bicyclic) bond motifs is 1. The number of para-hydroxylation sites is 1. The van der Waals surface area contributed by atoms with Crippen LogP contribution in [0.25, 0.3) is 11.9 Å². The molecule has 0 bridgehead atoms. The zero-order valence-electron chi connectivity index (χ0n) is 11.5. The molecule has 2 aromatic rings. The van der Waals surface area contributed by atoms with Gasteiger partial charge < -0.3 is 4.90 Å². The van der Waals surface area contributed by atoms with Crippen LogP contribution in [0.15, 0.2) is 48.3 Å². The molecule has 2 heterocycles. The van der Waals surface area contributed by atoms with Gasteiger partial charge in [-0.05, 0) is 31.6 Å². The van der Waals surface area contributed by atoms with Crippen molar-refractivity contribution in [2.75, 3.05) is 4.90 Å². The highest BCUT2D eigenvalue weighted by Crippen LogP contribution is 2.34. The van der Waals surface area contributed by atoms with Crippen LogP contribution in [0, 0.1) is 0 Å². The molecule has 20 heavy (non-hydrogen) atoms. The number of benzene rings is 1. The molecule has 0 fully saturated rings. The number of allylic oxidation sites excluding steroid dienone is 2. The molecule has 0 unspecified atom stereocenters. The molecule has 0 saturated carbocycles. The Balaban J connectivity index is 2.20. The predicted molar refractivity (Wildman–Crippen MR) is 84.4 cm³/mol. The maximum Gasteiger partial charge on any atom is 0.141 e. The van der Waals surface area contributed by atoms with Crippen molar-refractivity contribution < 1.29 is 0 Å². The van der Waals surface area contributed by atoms with Gasteiger partial charge in [-0.1, -0.05) is 36.7 Å². The highest BCUT2D eigenvalue weighted by atomic mass is 35.5. The lowest BCUT2D eigenvalue weighted by Gasteiger charge is -2.32. The van der Waals surface area contributed by atoms with Gasteiger partial charge in [-0.25, -0.2) is 4.98 Å². The first-order valence-corrected chi connectivity index (χ1v) is 7.07. The summed E-state index contributed by atoms with van der Waals surface area (Å²) in [6, 6.07) is 10.3. The van der Waals surface area contributed by atoms with Crippen molar-refractivity contribution in [2.24, 2.45) is 0 Å². The highest BCUT2D eigenvalue weighted by Gasteiger charge is 2.24. The molecule has 1 aliphatic rings. The fourth-order valence-electron chi connectivity index (χ4n) is 2.48. The van der Waals surface area contributed by atoms with E-state index in [9.17, 15) is 0 Å². The third-order valence-corrected chi connectivity index (χ3v) is 3.56. The number of halogens is 1. The first-order valence-electron chi connectivity index (χ1n) is 6.69. The van der Waals surface area contributed by atoms with Gasteiger partial charge in [0.05, 0.1) is 6.20 Å². The van der Waals surface area contributed by atoms with Crippen LogP contribution >= 0.6 is 11.6 Å². The fraction of sp³-hybridized carbons (Fsp3) is 0.188. The topological polar surface area (TPSA) is 21.1 Å². The Morgan fingerprint density at radius 2 is 2.00 bits per heavy atom. The molecule has 0 spiro atoms. The molecule has 0 N–H and O–H groups in total. The standard InChI is InChI=1S/C16H16ClN3/c1-3-7-16-19(13-8-5-4-6-9-13)12(2)10-15-18-11-14(17)20(15)16/h4-11H,3H2,1-2H3/b16-7-. The molecule has 0 aliphatic carbocycles. The van der Waals surface area contributed by atoms with E-state index in [-0.39, 0.29) is 0 Å². The van der Waals surface area contributed by atoms with Gasteiger partial charge in [0, 0.05) is 17.5 Å². The quantitative estimate of drug-likeness (QED) is 0.802. The second kappa shape index (κ2) is 5.17. The summed E-state index contributed by atoms with van der Waals surface area (Å²) in [6.45, 7) is 4.21. The van der Waals surface area contributed by atoms with Crippen LogP contribution in [-0.2, 0) is 0 Å². The SMILES string of the molecule is CC/C=C1/N(c2ccccc2)C(C)=Cc2ncc(Cl)n21. The van der Waals surface area contributed by atoms with Crippen molar-refractivity contribution in [1.82, 2.24) is 9.55 Å². The van der Waals surface area contributed by atoms with Crippen LogP contribution in [0.3, 0.4) is 0 Å². The summed E-state index contributed by atoms with van der Waals surface area (Å²) in [5.74, 6) is 1.91. The van der Waals surface area contributed by atoms with E-state index in [4.69, 9.17) is 11.6 Å². The number of hydrogen-bond donors (Lipinski definition) is 0. The van der Waals surface area contributed by atoms with E-state index < -0.39 is 0 Å². The molecule has 0 saturated heterocycles. The van der Waals surface area contributed by atoms with Gasteiger partial charge in [0.25, 0.3) is 0 Å². The van der Waals surface area contributed by atoms with E-state index in [0.717, 1.165) is 29.5 Å². The molecule has 1 aromatic heterocycles. The molecule has 3 rings (SSSR count). The Kier molecular flexibility index (Phi) is 3.36. The molecule has 1 aliphatic heterocycles. The Bertz CT molecular complexity index is 683. The molecular formula is C16H16ClN3. The highest BCUT2D eigenvalue weighted by molar-refractivity contribution is 6.30. The Morgan fingerprint density at radius 1 is 1.25 bits per heavy atom. The van der Waals surface area contributed by atoms with Crippen molar-refractivity contribution in [2.45, 2.75) is 20.3 Å². The number of imidazole rings is 1. The summed E-state index contributed by atoms with van der Waals surface area (Å²) in [4.78, 5) is 6.55. The third-order valence-electron chi connectivity index (χ3n) is 3.30. The van der Waals surface area contributed by atoms with Gasteiger partial charge in [0.1, 0.15) is 16.8 Å². The summed E-state index contributed by atoms with van der Waals surface area (Å²) in [5.41, 5.74) is 2.25. The average molecular weight is 286 g/mol. The van der Waals surface area contributed by atoms with Crippen LogP contribution in [0.4, 0.5) is 5.69 Å². The molecule has 1 aromatic carbocycles. The van der Waals surface area contributed by atoms with Crippen molar-refractivity contribution in [1.29, 1.82) is 0 Å². The largest absolute Gasteiger partial charge is 0.300 e. The minimum Gasteiger partial charge on any atom is -0.300 e. The summed E-state index contributed by atoms with van der Waals surface area (Å²) in [6.07, 6.45) is 6.84. The van der Waals surface area contributed by atoms with E-state index in [1.165, 1.54) is 0 Å². The van der Waals surface area contributed by atoms with Gasteiger partial charge in [0.15, 0.2) is 0 Å². The lowest BCUT2D eigenvalue weighted by molar-refractivity contribution is 0.945. The number of nitrogens with zero attached hydrogens (tertiary/aromatic N) is 3. The number of hydrogen-bond acceptors (Lipinski definition) is 2. The smallest absolute Gasteiger partial charge is 0.141 e. The second-order valence-corrected chi connectivity index (χ2v) is 5.09. The molecule has 0 atom stereocenters. The Morgan fingerprint density at radius 3 is 2.70 bits per heavy atom. The zero-order valence-corrected chi connectivity index (χ0v) is 12.3. The minimum absolute atomic E-state index is 0.629. The first-order chi connectivity index (χ1) is 9.72. The summed E-state index contributed by atoms with van der Waals surface area (Å²) >= 11 is 6.29. The minimum atomic E-state index is 0.629. The van der Waals surface area contributed by atoms with Crippen molar-refractivity contribution in [3.05, 3.63) is 59.3 Å². The van der Waals surface area contributed by atoms with E-state index in [0.29, 0.717) is 5.15 Å².